The highest BCUT2D eigenvalue weighted by Crippen LogP contribution is 2.17. The van der Waals surface area contributed by atoms with Crippen LogP contribution in [0.3, 0.4) is 0 Å². The zero-order valence-electron chi connectivity index (χ0n) is 12.3. The van der Waals surface area contributed by atoms with Gasteiger partial charge in [-0.2, -0.15) is 0 Å². The van der Waals surface area contributed by atoms with Crippen molar-refractivity contribution in [3.63, 3.8) is 0 Å². The van der Waals surface area contributed by atoms with E-state index >= 15 is 0 Å². The Kier molecular flexibility index (Phi) is 4.33. The number of methoxy groups -OCH3 is 1. The number of aromatic nitrogens is 4. The summed E-state index contributed by atoms with van der Waals surface area (Å²) in [6.07, 6.45) is 5.28. The topological polar surface area (TPSA) is 56.9 Å². The van der Waals surface area contributed by atoms with Crippen LogP contribution in [0.5, 0.6) is 0 Å². The minimum atomic E-state index is -0.338. The largest absolute Gasteiger partial charge is 0.474 e. The van der Waals surface area contributed by atoms with Gasteiger partial charge in [0.2, 0.25) is 0 Å². The average molecular weight is 331 g/mol. The van der Waals surface area contributed by atoms with E-state index in [1.165, 1.54) is 17.9 Å². The van der Waals surface area contributed by atoms with E-state index in [2.05, 4.69) is 15.6 Å². The molecule has 3 aromatic rings. The highest BCUT2D eigenvalue weighted by Gasteiger charge is 2.08. The van der Waals surface area contributed by atoms with Crippen LogP contribution in [-0.4, -0.2) is 31.8 Å². The second-order valence-electron chi connectivity index (χ2n) is 4.73. The number of halogens is 1. The highest BCUT2D eigenvalue weighted by molar-refractivity contribution is 7.80. The molecule has 118 valence electrons. The summed E-state index contributed by atoms with van der Waals surface area (Å²) in [5, 5.41) is 11.1. The smallest absolute Gasteiger partial charge is 0.256 e. The molecule has 1 aromatic carbocycles. The number of benzene rings is 1. The third-order valence-corrected chi connectivity index (χ3v) is 3.53. The first-order valence-corrected chi connectivity index (χ1v) is 7.24. The van der Waals surface area contributed by atoms with Crippen molar-refractivity contribution in [2.75, 3.05) is 7.11 Å². The van der Waals surface area contributed by atoms with Crippen LogP contribution in [0.1, 0.15) is 5.69 Å². The van der Waals surface area contributed by atoms with Crippen molar-refractivity contribution in [2.24, 2.45) is 0 Å². The van der Waals surface area contributed by atoms with Gasteiger partial charge in [-0.25, -0.2) is 9.07 Å². The van der Waals surface area contributed by atoms with Crippen molar-refractivity contribution in [1.29, 1.82) is 0 Å². The van der Waals surface area contributed by atoms with E-state index in [9.17, 15) is 4.39 Å². The lowest BCUT2D eigenvalue weighted by Crippen LogP contribution is -2.22. The van der Waals surface area contributed by atoms with Crippen LogP contribution in [0.15, 0.2) is 48.9 Å². The quantitative estimate of drug-likeness (QED) is 0.743. The Labute approximate surface area is 137 Å². The van der Waals surface area contributed by atoms with E-state index in [1.54, 1.807) is 35.3 Å². The Morgan fingerprint density at radius 1 is 1.35 bits per heavy atom. The van der Waals surface area contributed by atoms with Crippen molar-refractivity contribution in [2.45, 2.75) is 6.54 Å². The maximum atomic E-state index is 14.3. The second-order valence-corrected chi connectivity index (χ2v) is 5.10. The standard InChI is InChI=1S/C15H14FN5OS/c1-22-15(23)17-9-11-10-21(19-18-11)12-4-5-14(13(16)8-12)20-6-2-3-7-20/h2-8,10H,9H2,1H3,(H,17,23). The fourth-order valence-corrected chi connectivity index (χ4v) is 2.16. The SMILES string of the molecule is COC(=S)NCc1cn(-c2ccc(-n3cccc3)c(F)c2)nn1. The predicted octanol–water partition coefficient (Wildman–Crippen LogP) is 2.22. The summed E-state index contributed by atoms with van der Waals surface area (Å²) in [7, 11) is 1.49. The summed E-state index contributed by atoms with van der Waals surface area (Å²) in [6, 6.07) is 8.58. The molecule has 0 aliphatic rings. The fraction of sp³-hybridized carbons (Fsp3) is 0.133. The van der Waals surface area contributed by atoms with Crippen LogP contribution in [-0.2, 0) is 11.3 Å². The molecule has 0 saturated heterocycles. The van der Waals surface area contributed by atoms with Gasteiger partial charge >= 0.3 is 0 Å². The van der Waals surface area contributed by atoms with Gasteiger partial charge in [-0.1, -0.05) is 5.21 Å². The summed E-state index contributed by atoms with van der Waals surface area (Å²) < 4.78 is 22.3. The summed E-state index contributed by atoms with van der Waals surface area (Å²) in [4.78, 5) is 0. The Morgan fingerprint density at radius 2 is 2.13 bits per heavy atom. The second kappa shape index (κ2) is 6.57. The summed E-state index contributed by atoms with van der Waals surface area (Å²) >= 11 is 4.88. The van der Waals surface area contributed by atoms with Crippen molar-refractivity contribution in [1.82, 2.24) is 24.9 Å². The summed E-state index contributed by atoms with van der Waals surface area (Å²) in [5.41, 5.74) is 1.73. The minimum absolute atomic E-state index is 0.279. The van der Waals surface area contributed by atoms with Crippen molar-refractivity contribution in [3.05, 3.63) is 60.4 Å². The lowest BCUT2D eigenvalue weighted by molar-refractivity contribution is 0.392. The lowest BCUT2D eigenvalue weighted by Gasteiger charge is -2.07. The molecular formula is C15H14FN5OS. The maximum Gasteiger partial charge on any atom is 0.256 e. The van der Waals surface area contributed by atoms with Crippen LogP contribution in [0.25, 0.3) is 11.4 Å². The van der Waals surface area contributed by atoms with E-state index in [0.717, 1.165) is 0 Å². The van der Waals surface area contributed by atoms with Crippen molar-refractivity contribution >= 4 is 17.4 Å². The molecule has 23 heavy (non-hydrogen) atoms. The van der Waals surface area contributed by atoms with Crippen LogP contribution in [0.4, 0.5) is 4.39 Å². The molecule has 0 radical (unpaired) electrons. The molecule has 2 heterocycles. The molecule has 8 heteroatoms. The van der Waals surface area contributed by atoms with Crippen molar-refractivity contribution in [3.8, 4) is 11.4 Å². The molecular weight excluding hydrogens is 317 g/mol. The molecule has 0 unspecified atom stereocenters. The van der Waals surface area contributed by atoms with E-state index < -0.39 is 0 Å². The molecule has 0 bridgehead atoms. The molecule has 2 aromatic heterocycles. The number of hydrogen-bond donors (Lipinski definition) is 1. The molecule has 0 spiro atoms. The van der Waals surface area contributed by atoms with Gasteiger partial charge in [-0.15, -0.1) is 5.10 Å². The van der Waals surface area contributed by atoms with E-state index in [1.807, 2.05) is 12.1 Å². The Balaban J connectivity index is 1.79. The third-order valence-electron chi connectivity index (χ3n) is 3.22. The summed E-state index contributed by atoms with van der Waals surface area (Å²) in [5.74, 6) is -0.338. The highest BCUT2D eigenvalue weighted by atomic mass is 32.1. The van der Waals surface area contributed by atoms with Gasteiger partial charge in [-0.3, -0.25) is 0 Å². The number of ether oxygens (including phenoxy) is 1. The van der Waals surface area contributed by atoms with Crippen LogP contribution in [0, 0.1) is 5.82 Å². The molecule has 0 saturated carbocycles. The van der Waals surface area contributed by atoms with Gasteiger partial charge in [0.25, 0.3) is 5.17 Å². The van der Waals surface area contributed by atoms with Gasteiger partial charge < -0.3 is 14.6 Å². The van der Waals surface area contributed by atoms with E-state index in [0.29, 0.717) is 23.6 Å². The van der Waals surface area contributed by atoms with Crippen LogP contribution >= 0.6 is 12.2 Å². The number of rotatable bonds is 4. The van der Waals surface area contributed by atoms with Crippen LogP contribution in [0.2, 0.25) is 0 Å². The van der Waals surface area contributed by atoms with Gasteiger partial charge in [0.15, 0.2) is 0 Å². The average Bonchev–Trinajstić information content (AvgIpc) is 3.24. The van der Waals surface area contributed by atoms with Crippen molar-refractivity contribution < 1.29 is 9.13 Å². The normalized spacial score (nSPS) is 10.5. The summed E-state index contributed by atoms with van der Waals surface area (Å²) in [6.45, 7) is 0.386. The molecule has 0 aliphatic heterocycles. The monoisotopic (exact) mass is 331 g/mol. The molecule has 0 aliphatic carbocycles. The van der Waals surface area contributed by atoms with Gasteiger partial charge in [0.05, 0.1) is 31.2 Å². The molecule has 6 nitrogen and oxygen atoms in total. The zero-order chi connectivity index (χ0) is 16.2. The third kappa shape index (κ3) is 3.37. The number of nitrogens with one attached hydrogen (secondary N) is 1. The molecule has 1 N–H and O–H groups in total. The number of hydrogen-bond acceptors (Lipinski definition) is 4. The Morgan fingerprint density at radius 3 is 2.83 bits per heavy atom. The lowest BCUT2D eigenvalue weighted by atomic mass is 10.2. The molecule has 0 atom stereocenters. The van der Waals surface area contributed by atoms with E-state index in [-0.39, 0.29) is 11.0 Å². The first-order chi connectivity index (χ1) is 11.2. The zero-order valence-corrected chi connectivity index (χ0v) is 13.1. The van der Waals surface area contributed by atoms with Gasteiger partial charge in [0.1, 0.15) is 11.5 Å². The van der Waals surface area contributed by atoms with Gasteiger partial charge in [0, 0.05) is 18.5 Å². The molecule has 0 amide bonds. The van der Waals surface area contributed by atoms with E-state index in [4.69, 9.17) is 17.0 Å². The van der Waals surface area contributed by atoms with Crippen LogP contribution < -0.4 is 5.32 Å². The maximum absolute atomic E-state index is 14.3. The molecule has 3 rings (SSSR count). The molecule has 0 fully saturated rings. The van der Waals surface area contributed by atoms with Gasteiger partial charge in [-0.05, 0) is 36.5 Å². The number of thiocarbonyl (C=S) groups is 1. The first kappa shape index (κ1) is 15.2. The Bertz CT molecular complexity index is 815. The minimum Gasteiger partial charge on any atom is -0.474 e. The number of nitrogens with zero attached hydrogens (tertiary/aromatic N) is 4. The first-order valence-electron chi connectivity index (χ1n) is 6.83. The Hall–Kier alpha value is -2.74. The fourth-order valence-electron chi connectivity index (χ4n) is 2.08. The predicted molar refractivity (Wildman–Crippen MR) is 87.1 cm³/mol.